The van der Waals surface area contributed by atoms with Crippen molar-refractivity contribution < 1.29 is 20.1 Å². The SMILES string of the molecule is O=C(O)C[C@@H]1[C@H](O)CC[C@H]1C=CC(O)Cc1ccccc1. The molecule has 4 atom stereocenters. The van der Waals surface area contributed by atoms with Gasteiger partial charge in [0.15, 0.2) is 0 Å². The van der Waals surface area contributed by atoms with Crippen LogP contribution in [-0.2, 0) is 11.2 Å². The maximum absolute atomic E-state index is 10.8. The molecule has 0 aromatic heterocycles. The van der Waals surface area contributed by atoms with Crippen LogP contribution in [0.2, 0.25) is 0 Å². The van der Waals surface area contributed by atoms with Crippen LogP contribution in [0.3, 0.4) is 0 Å². The monoisotopic (exact) mass is 290 g/mol. The van der Waals surface area contributed by atoms with Crippen LogP contribution in [0.15, 0.2) is 42.5 Å². The van der Waals surface area contributed by atoms with Gasteiger partial charge < -0.3 is 15.3 Å². The first-order valence-electron chi connectivity index (χ1n) is 7.36. The smallest absolute Gasteiger partial charge is 0.303 e. The number of aliphatic hydroxyl groups is 2. The van der Waals surface area contributed by atoms with Gasteiger partial charge in [-0.05, 0) is 24.3 Å². The Morgan fingerprint density at radius 3 is 2.67 bits per heavy atom. The Kier molecular flexibility index (Phi) is 5.53. The zero-order valence-corrected chi connectivity index (χ0v) is 11.9. The molecule has 1 saturated carbocycles. The minimum atomic E-state index is -0.885. The Labute approximate surface area is 124 Å². The molecule has 0 saturated heterocycles. The fraction of sp³-hybridized carbons (Fsp3) is 0.471. The summed E-state index contributed by atoms with van der Waals surface area (Å²) in [7, 11) is 0. The van der Waals surface area contributed by atoms with Crippen molar-refractivity contribution in [3.8, 4) is 0 Å². The number of aliphatic hydroxyl groups excluding tert-OH is 2. The number of aliphatic carboxylic acids is 1. The molecule has 3 N–H and O–H groups in total. The summed E-state index contributed by atoms with van der Waals surface area (Å²) in [5.41, 5.74) is 1.06. The van der Waals surface area contributed by atoms with E-state index in [0.29, 0.717) is 12.8 Å². The van der Waals surface area contributed by atoms with Crippen molar-refractivity contribution in [2.75, 3.05) is 0 Å². The molecule has 0 heterocycles. The highest BCUT2D eigenvalue weighted by Crippen LogP contribution is 2.35. The molecule has 0 bridgehead atoms. The first-order chi connectivity index (χ1) is 10.1. The average molecular weight is 290 g/mol. The molecule has 0 radical (unpaired) electrons. The van der Waals surface area contributed by atoms with Gasteiger partial charge >= 0.3 is 5.97 Å². The number of benzene rings is 1. The van der Waals surface area contributed by atoms with Gasteiger partial charge in [-0.1, -0.05) is 42.5 Å². The third-order valence-corrected chi connectivity index (χ3v) is 4.12. The molecule has 0 amide bonds. The third-order valence-electron chi connectivity index (χ3n) is 4.12. The maximum atomic E-state index is 10.8. The summed E-state index contributed by atoms with van der Waals surface area (Å²) in [6.45, 7) is 0. The van der Waals surface area contributed by atoms with E-state index >= 15 is 0 Å². The van der Waals surface area contributed by atoms with Crippen molar-refractivity contribution in [2.24, 2.45) is 11.8 Å². The number of carboxylic acid groups (broad SMARTS) is 1. The first-order valence-corrected chi connectivity index (χ1v) is 7.36. The molecule has 1 aliphatic rings. The molecule has 4 heteroatoms. The Hall–Kier alpha value is -1.65. The van der Waals surface area contributed by atoms with Gasteiger partial charge in [0.05, 0.1) is 18.6 Å². The summed E-state index contributed by atoms with van der Waals surface area (Å²) in [4.78, 5) is 10.8. The number of carboxylic acids is 1. The van der Waals surface area contributed by atoms with E-state index in [1.165, 1.54) is 0 Å². The second-order valence-corrected chi connectivity index (χ2v) is 5.71. The van der Waals surface area contributed by atoms with E-state index < -0.39 is 18.2 Å². The predicted octanol–water partition coefficient (Wildman–Crippen LogP) is 2.01. The summed E-state index contributed by atoms with van der Waals surface area (Å²) in [5, 5.41) is 28.8. The van der Waals surface area contributed by atoms with Crippen LogP contribution >= 0.6 is 0 Å². The van der Waals surface area contributed by atoms with Crippen LogP contribution in [0.5, 0.6) is 0 Å². The summed E-state index contributed by atoms with van der Waals surface area (Å²) >= 11 is 0. The van der Waals surface area contributed by atoms with Gasteiger partial charge in [-0.15, -0.1) is 0 Å². The lowest BCUT2D eigenvalue weighted by molar-refractivity contribution is -0.139. The number of hydrogen-bond donors (Lipinski definition) is 3. The van der Waals surface area contributed by atoms with Crippen LogP contribution in [0.4, 0.5) is 0 Å². The highest BCUT2D eigenvalue weighted by molar-refractivity contribution is 5.67. The molecule has 21 heavy (non-hydrogen) atoms. The van der Waals surface area contributed by atoms with E-state index in [1.807, 2.05) is 36.4 Å². The molecule has 1 aromatic carbocycles. The minimum Gasteiger partial charge on any atom is -0.481 e. The number of rotatable bonds is 6. The van der Waals surface area contributed by atoms with Gasteiger partial charge in [0, 0.05) is 12.3 Å². The highest BCUT2D eigenvalue weighted by Gasteiger charge is 2.34. The summed E-state index contributed by atoms with van der Waals surface area (Å²) in [5.74, 6) is -1.10. The number of allylic oxidation sites excluding steroid dienone is 1. The van der Waals surface area contributed by atoms with Crippen molar-refractivity contribution >= 4 is 5.97 Å². The van der Waals surface area contributed by atoms with Crippen molar-refractivity contribution in [3.63, 3.8) is 0 Å². The highest BCUT2D eigenvalue weighted by atomic mass is 16.4. The van der Waals surface area contributed by atoms with Gasteiger partial charge in [0.25, 0.3) is 0 Å². The Bertz CT molecular complexity index is 483. The van der Waals surface area contributed by atoms with Crippen LogP contribution in [0, 0.1) is 11.8 Å². The predicted molar refractivity (Wildman–Crippen MR) is 79.8 cm³/mol. The molecule has 0 aliphatic heterocycles. The fourth-order valence-corrected chi connectivity index (χ4v) is 3.00. The van der Waals surface area contributed by atoms with E-state index in [0.717, 1.165) is 12.0 Å². The van der Waals surface area contributed by atoms with E-state index in [9.17, 15) is 15.0 Å². The van der Waals surface area contributed by atoms with E-state index in [2.05, 4.69) is 0 Å². The van der Waals surface area contributed by atoms with Crippen molar-refractivity contribution in [1.82, 2.24) is 0 Å². The third kappa shape index (κ3) is 4.69. The molecule has 114 valence electrons. The largest absolute Gasteiger partial charge is 0.481 e. The van der Waals surface area contributed by atoms with Crippen LogP contribution in [0.1, 0.15) is 24.8 Å². The van der Waals surface area contributed by atoms with Gasteiger partial charge in [-0.2, -0.15) is 0 Å². The molecule has 1 fully saturated rings. The lowest BCUT2D eigenvalue weighted by Gasteiger charge is -2.17. The Morgan fingerprint density at radius 2 is 2.00 bits per heavy atom. The van der Waals surface area contributed by atoms with E-state index in [4.69, 9.17) is 5.11 Å². The van der Waals surface area contributed by atoms with E-state index in [1.54, 1.807) is 6.08 Å². The molecule has 1 aliphatic carbocycles. The minimum absolute atomic E-state index is 0.0229. The summed E-state index contributed by atoms with van der Waals surface area (Å²) in [6, 6.07) is 9.72. The van der Waals surface area contributed by atoms with Crippen molar-refractivity contribution in [1.29, 1.82) is 0 Å². The molecule has 1 unspecified atom stereocenters. The Morgan fingerprint density at radius 1 is 1.29 bits per heavy atom. The topological polar surface area (TPSA) is 77.8 Å². The van der Waals surface area contributed by atoms with Gasteiger partial charge in [-0.25, -0.2) is 0 Å². The maximum Gasteiger partial charge on any atom is 0.303 e. The van der Waals surface area contributed by atoms with Crippen LogP contribution in [-0.4, -0.2) is 33.5 Å². The molecule has 2 rings (SSSR count). The normalized spacial score (nSPS) is 27.0. The standard InChI is InChI=1S/C17H22O4/c18-14(10-12-4-2-1-3-5-12)8-6-13-7-9-16(19)15(13)11-17(20)21/h1-6,8,13-16,18-19H,7,9-11H2,(H,20,21)/t13-,14?,15+,16-/m1/s1. The first kappa shape index (κ1) is 15.7. The van der Waals surface area contributed by atoms with Crippen LogP contribution in [0.25, 0.3) is 0 Å². The lowest BCUT2D eigenvalue weighted by atomic mass is 9.90. The quantitative estimate of drug-likeness (QED) is 0.700. The summed E-state index contributed by atoms with van der Waals surface area (Å²) < 4.78 is 0. The second-order valence-electron chi connectivity index (χ2n) is 5.71. The number of hydrogen-bond acceptors (Lipinski definition) is 3. The average Bonchev–Trinajstić information content (AvgIpc) is 2.78. The fourth-order valence-electron chi connectivity index (χ4n) is 3.00. The van der Waals surface area contributed by atoms with Gasteiger partial charge in [0.1, 0.15) is 0 Å². The molecular formula is C17H22O4. The number of carbonyl (C=O) groups is 1. The Balaban J connectivity index is 1.91. The van der Waals surface area contributed by atoms with Gasteiger partial charge in [0.2, 0.25) is 0 Å². The van der Waals surface area contributed by atoms with Gasteiger partial charge in [-0.3, -0.25) is 4.79 Å². The lowest BCUT2D eigenvalue weighted by Crippen LogP contribution is -2.21. The molecule has 1 aromatic rings. The van der Waals surface area contributed by atoms with Crippen molar-refractivity contribution in [3.05, 3.63) is 48.0 Å². The zero-order valence-electron chi connectivity index (χ0n) is 11.9. The zero-order chi connectivity index (χ0) is 15.2. The summed E-state index contributed by atoms with van der Waals surface area (Å²) in [6.07, 6.45) is 4.37. The van der Waals surface area contributed by atoms with E-state index in [-0.39, 0.29) is 18.3 Å². The molecule has 0 spiro atoms. The van der Waals surface area contributed by atoms with Crippen LogP contribution < -0.4 is 0 Å². The second kappa shape index (κ2) is 7.38. The molecule has 4 nitrogen and oxygen atoms in total. The molecular weight excluding hydrogens is 268 g/mol. The van der Waals surface area contributed by atoms with Crippen molar-refractivity contribution in [2.45, 2.75) is 37.9 Å².